The summed E-state index contributed by atoms with van der Waals surface area (Å²) >= 11 is 0. The van der Waals surface area contributed by atoms with Gasteiger partial charge in [0.25, 0.3) is 5.91 Å². The third kappa shape index (κ3) is 4.54. The predicted octanol–water partition coefficient (Wildman–Crippen LogP) is 0.623. The van der Waals surface area contributed by atoms with Crippen molar-refractivity contribution in [2.24, 2.45) is 0 Å². The highest BCUT2D eigenvalue weighted by molar-refractivity contribution is 5.78. The van der Waals surface area contributed by atoms with Crippen LogP contribution in [0.25, 0.3) is 0 Å². The molecule has 1 aromatic carbocycles. The quantitative estimate of drug-likeness (QED) is 0.677. The lowest BCUT2D eigenvalue weighted by Gasteiger charge is -2.29. The summed E-state index contributed by atoms with van der Waals surface area (Å²) in [6, 6.07) is 7.36. The molecule has 0 atom stereocenters. The van der Waals surface area contributed by atoms with Crippen LogP contribution in [0.15, 0.2) is 24.3 Å². The zero-order valence-electron chi connectivity index (χ0n) is 11.3. The minimum Gasteiger partial charge on any atom is -0.484 e. The van der Waals surface area contributed by atoms with Gasteiger partial charge in [-0.3, -0.25) is 4.79 Å². The van der Waals surface area contributed by atoms with Crippen molar-refractivity contribution in [3.63, 3.8) is 0 Å². The van der Waals surface area contributed by atoms with E-state index in [1.807, 2.05) is 19.1 Å². The monoisotopic (exact) mass is 267 g/mol. The molecule has 0 aromatic heterocycles. The average Bonchev–Trinajstić information content (AvgIpc) is 2.44. The van der Waals surface area contributed by atoms with Crippen molar-refractivity contribution in [1.82, 2.24) is 5.32 Å². The fourth-order valence-electron chi connectivity index (χ4n) is 1.56. The summed E-state index contributed by atoms with van der Waals surface area (Å²) in [5.41, 5.74) is 0.135. The Balaban J connectivity index is 2.49. The van der Waals surface area contributed by atoms with Crippen LogP contribution in [0.1, 0.15) is 18.9 Å². The molecule has 0 bridgehead atoms. The Morgan fingerprint density at radius 2 is 1.84 bits per heavy atom. The molecule has 5 heteroatoms. The van der Waals surface area contributed by atoms with Crippen LogP contribution in [-0.2, 0) is 4.79 Å². The molecule has 1 rings (SSSR count). The Morgan fingerprint density at radius 1 is 1.26 bits per heavy atom. The van der Waals surface area contributed by atoms with Gasteiger partial charge in [-0.2, -0.15) is 0 Å². The summed E-state index contributed by atoms with van der Waals surface area (Å²) in [6.07, 6.45) is 0.441. The molecule has 0 aliphatic carbocycles. The van der Waals surface area contributed by atoms with Crippen LogP contribution in [-0.4, -0.2) is 41.5 Å². The van der Waals surface area contributed by atoms with Crippen molar-refractivity contribution in [3.8, 4) is 5.75 Å². The summed E-state index contributed by atoms with van der Waals surface area (Å²) in [5.74, 6) is 0.237. The molecule has 0 radical (unpaired) electrons. The topological polar surface area (TPSA) is 78.8 Å². The third-order valence-corrected chi connectivity index (χ3v) is 3.08. The number of hydrogen-bond donors (Lipinski definition) is 3. The Bertz CT molecular complexity index is 390. The fraction of sp³-hybridized carbons (Fsp3) is 0.500. The van der Waals surface area contributed by atoms with Crippen molar-refractivity contribution in [2.45, 2.75) is 25.8 Å². The number of hydrogen-bond acceptors (Lipinski definition) is 4. The zero-order chi connectivity index (χ0) is 14.3. The highest BCUT2D eigenvalue weighted by atomic mass is 16.5. The second-order valence-electron chi connectivity index (χ2n) is 4.60. The highest BCUT2D eigenvalue weighted by Gasteiger charge is 2.28. The molecule has 0 unspecified atom stereocenters. The second kappa shape index (κ2) is 7.11. The van der Waals surface area contributed by atoms with E-state index in [2.05, 4.69) is 5.32 Å². The molecule has 0 aliphatic rings. The van der Waals surface area contributed by atoms with E-state index in [4.69, 9.17) is 4.74 Å². The van der Waals surface area contributed by atoms with Crippen LogP contribution in [0, 0.1) is 6.92 Å². The zero-order valence-corrected chi connectivity index (χ0v) is 11.3. The van der Waals surface area contributed by atoms with E-state index >= 15 is 0 Å². The first-order valence-corrected chi connectivity index (χ1v) is 6.27. The molecule has 5 nitrogen and oxygen atoms in total. The molecule has 0 spiro atoms. The number of benzene rings is 1. The van der Waals surface area contributed by atoms with Crippen LogP contribution in [0.2, 0.25) is 0 Å². The van der Waals surface area contributed by atoms with Gasteiger partial charge in [0.05, 0.1) is 18.8 Å². The highest BCUT2D eigenvalue weighted by Crippen LogP contribution is 2.12. The summed E-state index contributed by atoms with van der Waals surface area (Å²) in [4.78, 5) is 11.7. The van der Waals surface area contributed by atoms with Gasteiger partial charge in [0.15, 0.2) is 6.61 Å². The maximum Gasteiger partial charge on any atom is 0.258 e. The molecular weight excluding hydrogens is 246 g/mol. The fourth-order valence-corrected chi connectivity index (χ4v) is 1.56. The molecule has 0 saturated heterocycles. The molecule has 1 aromatic rings. The number of carbonyl (C=O) groups is 1. The van der Waals surface area contributed by atoms with Gasteiger partial charge < -0.3 is 20.3 Å². The van der Waals surface area contributed by atoms with Crippen molar-refractivity contribution in [2.75, 3.05) is 19.8 Å². The minimum atomic E-state index is -0.978. The predicted molar refractivity (Wildman–Crippen MR) is 72.0 cm³/mol. The first-order valence-electron chi connectivity index (χ1n) is 6.27. The number of aryl methyl sites for hydroxylation is 1. The summed E-state index contributed by atoms with van der Waals surface area (Å²) in [6.45, 7) is 2.99. The normalized spacial score (nSPS) is 11.2. The summed E-state index contributed by atoms with van der Waals surface area (Å²) in [5, 5.41) is 21.0. The molecule has 19 heavy (non-hydrogen) atoms. The van der Waals surface area contributed by atoms with Gasteiger partial charge in [-0.05, 0) is 25.5 Å². The van der Waals surface area contributed by atoms with Gasteiger partial charge in [0.2, 0.25) is 0 Å². The van der Waals surface area contributed by atoms with Gasteiger partial charge in [-0.1, -0.05) is 24.6 Å². The van der Waals surface area contributed by atoms with Gasteiger partial charge in [-0.15, -0.1) is 0 Å². The van der Waals surface area contributed by atoms with Gasteiger partial charge in [0.1, 0.15) is 5.75 Å². The average molecular weight is 267 g/mol. The minimum absolute atomic E-state index is 0.148. The molecule has 3 N–H and O–H groups in total. The summed E-state index contributed by atoms with van der Waals surface area (Å²) in [7, 11) is 0. The summed E-state index contributed by atoms with van der Waals surface area (Å²) < 4.78 is 5.33. The molecule has 0 fully saturated rings. The lowest BCUT2D eigenvalue weighted by Crippen LogP contribution is -2.54. The Kier molecular flexibility index (Phi) is 5.79. The number of carbonyl (C=O) groups excluding carboxylic acids is 1. The smallest absolute Gasteiger partial charge is 0.258 e. The van der Waals surface area contributed by atoms with Gasteiger partial charge in [-0.25, -0.2) is 0 Å². The van der Waals surface area contributed by atoms with Gasteiger partial charge >= 0.3 is 0 Å². The van der Waals surface area contributed by atoms with Crippen molar-refractivity contribution < 1.29 is 19.7 Å². The van der Waals surface area contributed by atoms with E-state index in [1.54, 1.807) is 19.1 Å². The van der Waals surface area contributed by atoms with Gasteiger partial charge in [0, 0.05) is 0 Å². The molecular formula is C14H21NO4. The maximum absolute atomic E-state index is 11.7. The SMILES string of the molecule is CCC(CO)(CO)NC(=O)COc1ccc(C)cc1. The van der Waals surface area contributed by atoms with E-state index in [9.17, 15) is 15.0 Å². The van der Waals surface area contributed by atoms with Crippen molar-refractivity contribution in [3.05, 3.63) is 29.8 Å². The first kappa shape index (κ1) is 15.5. The molecule has 1 amide bonds. The van der Waals surface area contributed by atoms with Crippen molar-refractivity contribution >= 4 is 5.91 Å². The molecule has 0 saturated carbocycles. The van der Waals surface area contributed by atoms with Crippen LogP contribution in [0.5, 0.6) is 5.75 Å². The Hall–Kier alpha value is -1.59. The van der Waals surface area contributed by atoms with Crippen LogP contribution in [0.4, 0.5) is 0 Å². The van der Waals surface area contributed by atoms with Crippen LogP contribution < -0.4 is 10.1 Å². The number of amides is 1. The molecule has 0 heterocycles. The van der Waals surface area contributed by atoms with E-state index < -0.39 is 5.54 Å². The standard InChI is InChI=1S/C14H21NO4/c1-3-14(9-16,10-17)15-13(18)8-19-12-6-4-11(2)5-7-12/h4-7,16-17H,3,8-10H2,1-2H3,(H,15,18). The number of rotatable bonds is 7. The third-order valence-electron chi connectivity index (χ3n) is 3.08. The van der Waals surface area contributed by atoms with Crippen LogP contribution >= 0.6 is 0 Å². The number of ether oxygens (including phenoxy) is 1. The Morgan fingerprint density at radius 3 is 2.32 bits per heavy atom. The lowest BCUT2D eigenvalue weighted by atomic mass is 9.98. The molecule has 0 aliphatic heterocycles. The Labute approximate surface area is 113 Å². The maximum atomic E-state index is 11.7. The largest absolute Gasteiger partial charge is 0.484 e. The number of nitrogens with one attached hydrogen (secondary N) is 1. The molecule has 106 valence electrons. The van der Waals surface area contributed by atoms with E-state index in [1.165, 1.54) is 0 Å². The van der Waals surface area contributed by atoms with E-state index in [-0.39, 0.29) is 25.7 Å². The first-order chi connectivity index (χ1) is 9.05. The number of aliphatic hydroxyl groups excluding tert-OH is 2. The number of aliphatic hydroxyl groups is 2. The second-order valence-corrected chi connectivity index (χ2v) is 4.60. The lowest BCUT2D eigenvalue weighted by molar-refractivity contribution is -0.126. The van der Waals surface area contributed by atoms with E-state index in [0.29, 0.717) is 12.2 Å². The van der Waals surface area contributed by atoms with Crippen molar-refractivity contribution in [1.29, 1.82) is 0 Å². The van der Waals surface area contributed by atoms with E-state index in [0.717, 1.165) is 5.56 Å². The van der Waals surface area contributed by atoms with Crippen LogP contribution in [0.3, 0.4) is 0 Å².